The lowest BCUT2D eigenvalue weighted by Gasteiger charge is -2.10. The fraction of sp³-hybridized carbons (Fsp3) is 0.267. The number of nitrogens with zero attached hydrogens (tertiary/aromatic N) is 2. The molecule has 2 heterocycles. The number of fused-ring (bicyclic) bond motifs is 2. The molecule has 196 valence electrons. The summed E-state index contributed by atoms with van der Waals surface area (Å²) in [5.41, 5.74) is 3.39. The second-order valence-corrected chi connectivity index (χ2v) is 9.16. The number of ether oxygens (including phenoxy) is 2. The van der Waals surface area contributed by atoms with E-state index >= 15 is 4.39 Å². The summed E-state index contributed by atoms with van der Waals surface area (Å²) >= 11 is 0. The smallest absolute Gasteiger partial charge is 0.355 e. The topological polar surface area (TPSA) is 89.4 Å². The standard InChI is InChI=1S/C30H30FN3O4/c1-4-37-30(36)29-21(12-8-16-38-25-13-7-10-19-9-5-6-11-20(19)25)22-14-15-23(31)27(28(22)32-29)26-18(2)34(3)33-24(26)17-35/h5-7,9-11,13-15,32,35H,4,8,12,16-17H2,1-3H3. The molecule has 5 aromatic rings. The molecule has 0 unspecified atom stereocenters. The van der Waals surface area contributed by atoms with Crippen molar-refractivity contribution in [2.24, 2.45) is 7.05 Å². The highest BCUT2D eigenvalue weighted by atomic mass is 19.1. The van der Waals surface area contributed by atoms with Crippen LogP contribution in [0.25, 0.3) is 32.8 Å². The van der Waals surface area contributed by atoms with E-state index in [9.17, 15) is 9.90 Å². The van der Waals surface area contributed by atoms with Gasteiger partial charge in [-0.2, -0.15) is 5.10 Å². The molecule has 5 rings (SSSR count). The Morgan fingerprint density at radius 2 is 1.87 bits per heavy atom. The average Bonchev–Trinajstić information content (AvgIpc) is 3.43. The van der Waals surface area contributed by atoms with Gasteiger partial charge in [0.1, 0.15) is 17.3 Å². The Morgan fingerprint density at radius 3 is 2.66 bits per heavy atom. The minimum absolute atomic E-state index is 0.218. The molecule has 0 aliphatic heterocycles. The molecule has 0 amide bonds. The van der Waals surface area contributed by atoms with E-state index in [1.54, 1.807) is 24.7 Å². The average molecular weight is 516 g/mol. The number of aromatic amines is 1. The largest absolute Gasteiger partial charge is 0.493 e. The summed E-state index contributed by atoms with van der Waals surface area (Å²) in [6.07, 6.45) is 1.14. The van der Waals surface area contributed by atoms with Gasteiger partial charge in [-0.05, 0) is 55.8 Å². The minimum atomic E-state index is -0.495. The van der Waals surface area contributed by atoms with Crippen LogP contribution in [0.15, 0.2) is 54.6 Å². The molecule has 0 radical (unpaired) electrons. The fourth-order valence-electron chi connectivity index (χ4n) is 5.04. The summed E-state index contributed by atoms with van der Waals surface area (Å²) in [4.78, 5) is 16.1. The van der Waals surface area contributed by atoms with Gasteiger partial charge in [0.05, 0.1) is 31.0 Å². The van der Waals surface area contributed by atoms with Gasteiger partial charge in [-0.25, -0.2) is 9.18 Å². The predicted octanol–water partition coefficient (Wildman–Crippen LogP) is 5.85. The quantitative estimate of drug-likeness (QED) is 0.190. The fourth-order valence-corrected chi connectivity index (χ4v) is 5.04. The molecule has 0 spiro atoms. The zero-order chi connectivity index (χ0) is 26.8. The maximum atomic E-state index is 15.3. The molecule has 0 bridgehead atoms. The Hall–Kier alpha value is -4.17. The first-order valence-corrected chi connectivity index (χ1v) is 12.7. The third-order valence-electron chi connectivity index (χ3n) is 6.90. The maximum absolute atomic E-state index is 15.3. The van der Waals surface area contributed by atoms with E-state index in [0.717, 1.165) is 27.5 Å². The number of hydrogen-bond donors (Lipinski definition) is 2. The summed E-state index contributed by atoms with van der Waals surface area (Å²) in [6.45, 7) is 3.88. The second kappa shape index (κ2) is 10.7. The highest BCUT2D eigenvalue weighted by Crippen LogP contribution is 2.38. The number of halogens is 1. The molecule has 2 N–H and O–H groups in total. The van der Waals surface area contributed by atoms with Crippen molar-refractivity contribution in [1.82, 2.24) is 14.8 Å². The molecule has 0 saturated carbocycles. The van der Waals surface area contributed by atoms with E-state index in [0.29, 0.717) is 47.6 Å². The zero-order valence-electron chi connectivity index (χ0n) is 21.7. The highest BCUT2D eigenvalue weighted by molar-refractivity contribution is 6.04. The van der Waals surface area contributed by atoms with Gasteiger partial charge in [-0.1, -0.05) is 36.4 Å². The van der Waals surface area contributed by atoms with Gasteiger partial charge in [0.15, 0.2) is 0 Å². The number of esters is 1. The first-order valence-electron chi connectivity index (χ1n) is 12.7. The summed E-state index contributed by atoms with van der Waals surface area (Å²) in [5.74, 6) is -0.156. The number of aryl methyl sites for hydroxylation is 2. The molecule has 0 aliphatic carbocycles. The van der Waals surface area contributed by atoms with Crippen LogP contribution in [0.4, 0.5) is 4.39 Å². The Labute approximate surface area is 219 Å². The third-order valence-corrected chi connectivity index (χ3v) is 6.90. The molecule has 0 fully saturated rings. The van der Waals surface area contributed by atoms with Gasteiger partial charge < -0.3 is 19.6 Å². The van der Waals surface area contributed by atoms with Crippen LogP contribution in [0.5, 0.6) is 5.75 Å². The predicted molar refractivity (Wildman–Crippen MR) is 145 cm³/mol. The van der Waals surface area contributed by atoms with Crippen LogP contribution < -0.4 is 4.74 Å². The van der Waals surface area contributed by atoms with E-state index in [1.165, 1.54) is 6.07 Å². The van der Waals surface area contributed by atoms with E-state index in [-0.39, 0.29) is 18.8 Å². The summed E-state index contributed by atoms with van der Waals surface area (Å²) in [6, 6.07) is 17.1. The number of benzene rings is 3. The first-order chi connectivity index (χ1) is 18.4. The third kappa shape index (κ3) is 4.52. The first kappa shape index (κ1) is 25.5. The Morgan fingerprint density at radius 1 is 1.08 bits per heavy atom. The number of carbonyl (C=O) groups excluding carboxylic acids is 1. The van der Waals surface area contributed by atoms with Crippen LogP contribution in [-0.4, -0.2) is 39.1 Å². The van der Waals surface area contributed by atoms with Crippen molar-refractivity contribution >= 4 is 27.6 Å². The van der Waals surface area contributed by atoms with E-state index in [1.807, 2.05) is 49.4 Å². The molecular weight excluding hydrogens is 485 g/mol. The van der Waals surface area contributed by atoms with Crippen LogP contribution >= 0.6 is 0 Å². The van der Waals surface area contributed by atoms with Gasteiger partial charge in [-0.3, -0.25) is 4.68 Å². The van der Waals surface area contributed by atoms with Crippen LogP contribution in [0, 0.1) is 12.7 Å². The van der Waals surface area contributed by atoms with E-state index < -0.39 is 11.8 Å². The molecule has 3 aromatic carbocycles. The summed E-state index contributed by atoms with van der Waals surface area (Å²) in [7, 11) is 1.75. The Kier molecular flexibility index (Phi) is 7.15. The number of carbonyl (C=O) groups is 1. The van der Waals surface area contributed by atoms with Crippen molar-refractivity contribution in [2.75, 3.05) is 13.2 Å². The van der Waals surface area contributed by atoms with Crippen LogP contribution in [0.3, 0.4) is 0 Å². The number of aliphatic hydroxyl groups is 1. The van der Waals surface area contributed by atoms with Crippen molar-refractivity contribution in [3.05, 3.63) is 83.1 Å². The monoisotopic (exact) mass is 515 g/mol. The molecule has 0 atom stereocenters. The van der Waals surface area contributed by atoms with E-state index in [4.69, 9.17) is 9.47 Å². The number of rotatable bonds is 9. The molecule has 0 saturated heterocycles. The van der Waals surface area contributed by atoms with Crippen molar-refractivity contribution < 1.29 is 23.8 Å². The van der Waals surface area contributed by atoms with Gasteiger partial charge in [-0.15, -0.1) is 0 Å². The Balaban J connectivity index is 1.51. The zero-order valence-corrected chi connectivity index (χ0v) is 21.7. The van der Waals surface area contributed by atoms with Crippen molar-refractivity contribution in [3.63, 3.8) is 0 Å². The molecule has 2 aromatic heterocycles. The van der Waals surface area contributed by atoms with Crippen LogP contribution in [0.1, 0.15) is 40.8 Å². The Bertz CT molecular complexity index is 1630. The SMILES string of the molecule is CCOC(=O)c1[nH]c2c(-c3c(CO)nn(C)c3C)c(F)ccc2c1CCCOc1cccc2ccccc12. The summed E-state index contributed by atoms with van der Waals surface area (Å²) < 4.78 is 28.4. The van der Waals surface area contributed by atoms with Crippen LogP contribution in [0.2, 0.25) is 0 Å². The molecule has 0 aliphatic rings. The molecule has 38 heavy (non-hydrogen) atoms. The van der Waals surface area contributed by atoms with Gasteiger partial charge >= 0.3 is 5.97 Å². The van der Waals surface area contributed by atoms with Crippen molar-refractivity contribution in [3.8, 4) is 16.9 Å². The van der Waals surface area contributed by atoms with Crippen molar-refractivity contribution in [2.45, 2.75) is 33.3 Å². The lowest BCUT2D eigenvalue weighted by molar-refractivity contribution is 0.0519. The lowest BCUT2D eigenvalue weighted by Crippen LogP contribution is -2.09. The van der Waals surface area contributed by atoms with Gasteiger partial charge in [0.25, 0.3) is 0 Å². The number of nitrogens with one attached hydrogen (secondary N) is 1. The van der Waals surface area contributed by atoms with Crippen molar-refractivity contribution in [1.29, 1.82) is 0 Å². The highest BCUT2D eigenvalue weighted by Gasteiger charge is 2.26. The number of aliphatic hydroxyl groups excluding tert-OH is 1. The lowest BCUT2D eigenvalue weighted by atomic mass is 9.98. The van der Waals surface area contributed by atoms with Gasteiger partial charge in [0, 0.05) is 34.6 Å². The number of hydrogen-bond acceptors (Lipinski definition) is 5. The van der Waals surface area contributed by atoms with Crippen LogP contribution in [-0.2, 0) is 24.8 Å². The normalized spacial score (nSPS) is 11.4. The maximum Gasteiger partial charge on any atom is 0.355 e. The van der Waals surface area contributed by atoms with E-state index in [2.05, 4.69) is 10.1 Å². The number of aromatic nitrogens is 3. The summed E-state index contributed by atoms with van der Waals surface area (Å²) in [5, 5.41) is 17.1. The molecule has 8 heteroatoms. The number of H-pyrrole nitrogens is 1. The minimum Gasteiger partial charge on any atom is -0.493 e. The molecular formula is C30H30FN3O4. The van der Waals surface area contributed by atoms with Gasteiger partial charge in [0.2, 0.25) is 0 Å². The molecule has 7 nitrogen and oxygen atoms in total. The second-order valence-electron chi connectivity index (χ2n) is 9.16.